The van der Waals surface area contributed by atoms with Crippen LogP contribution in [0.3, 0.4) is 0 Å². The molecule has 0 aliphatic carbocycles. The quantitative estimate of drug-likeness (QED) is 0.0994. The topological polar surface area (TPSA) is 274 Å². The number of pyridine rings is 1. The predicted molar refractivity (Wildman–Crippen MR) is 139 cm³/mol. The number of amides is 1. The van der Waals surface area contributed by atoms with Crippen molar-refractivity contribution in [2.24, 2.45) is 0 Å². The van der Waals surface area contributed by atoms with Gasteiger partial charge in [0.25, 0.3) is 5.91 Å². The molecule has 8 N–H and O–H groups in total. The van der Waals surface area contributed by atoms with Gasteiger partial charge in [-0.2, -0.15) is 0 Å². The maximum absolute atomic E-state index is 13.5. The van der Waals surface area contributed by atoms with Crippen LogP contribution in [-0.2, 0) is 19.1 Å². The van der Waals surface area contributed by atoms with Crippen LogP contribution in [0.25, 0.3) is 33.0 Å². The van der Waals surface area contributed by atoms with E-state index in [1.165, 1.54) is 0 Å². The first-order chi connectivity index (χ1) is 19.8. The lowest BCUT2D eigenvalue weighted by Crippen LogP contribution is -2.43. The third-order valence-electron chi connectivity index (χ3n) is 6.10. The Labute approximate surface area is 231 Å². The van der Waals surface area contributed by atoms with Crippen molar-refractivity contribution in [1.82, 2.24) is 10.3 Å². The molecule has 2 heterocycles. The van der Waals surface area contributed by atoms with Gasteiger partial charge in [-0.25, -0.2) is 9.59 Å². The SMILES string of the molecule is O=C(O)CC[C@H](NC(=O)COC(=O)c1c(O)c(O)cc2occ(-c3c[nH]c4cc(O)c(O)cc4c3=O)c(=O)c12)C(=O)O. The van der Waals surface area contributed by atoms with Gasteiger partial charge >= 0.3 is 17.9 Å². The Morgan fingerprint density at radius 3 is 2.29 bits per heavy atom. The standard InChI is InChI=1S/C26H20N2O14/c29-14-3-9-13(4-15(14)30)27-6-10(22(9)35)11-7-41-17-5-16(31)24(37)21(20(17)23(11)36)26(40)42-8-18(32)28-12(25(38)39)1-2-19(33)34/h3-7,12,29-31,37H,1-2,8H2,(H,27,35)(H,28,32)(H,33,34)(H,38,39)/t12-/m0/s1. The Bertz CT molecular complexity index is 1910. The molecule has 0 fully saturated rings. The van der Waals surface area contributed by atoms with Gasteiger partial charge in [-0.3, -0.25) is 19.2 Å². The second-order valence-electron chi connectivity index (χ2n) is 8.86. The first kappa shape index (κ1) is 28.9. The van der Waals surface area contributed by atoms with Gasteiger partial charge in [0.2, 0.25) is 5.43 Å². The summed E-state index contributed by atoms with van der Waals surface area (Å²) in [6.07, 6.45) is 0.900. The predicted octanol–water partition coefficient (Wildman–Crippen LogP) is 0.715. The molecule has 2 aromatic heterocycles. The summed E-state index contributed by atoms with van der Waals surface area (Å²) >= 11 is 0. The number of phenolic OH excluding ortho intramolecular Hbond substituents is 4. The van der Waals surface area contributed by atoms with Crippen molar-refractivity contribution in [1.29, 1.82) is 0 Å². The zero-order chi connectivity index (χ0) is 30.9. The molecule has 0 bridgehead atoms. The molecular weight excluding hydrogens is 564 g/mol. The Hall–Kier alpha value is -6.06. The minimum absolute atomic E-state index is 0.113. The molecule has 0 saturated heterocycles. The highest BCUT2D eigenvalue weighted by molar-refractivity contribution is 6.08. The number of aromatic hydroxyl groups is 4. The number of hydrogen-bond acceptors (Lipinski definition) is 12. The lowest BCUT2D eigenvalue weighted by molar-refractivity contribution is -0.143. The van der Waals surface area contributed by atoms with E-state index in [1.54, 1.807) is 0 Å². The molecule has 0 aliphatic rings. The van der Waals surface area contributed by atoms with Crippen molar-refractivity contribution < 1.29 is 59.0 Å². The van der Waals surface area contributed by atoms with E-state index in [0.717, 1.165) is 30.7 Å². The number of nitrogens with one attached hydrogen (secondary N) is 2. The molecule has 0 unspecified atom stereocenters. The van der Waals surface area contributed by atoms with E-state index in [2.05, 4.69) is 4.98 Å². The molecule has 4 aromatic rings. The number of benzene rings is 2. The highest BCUT2D eigenvalue weighted by Crippen LogP contribution is 2.36. The number of phenols is 4. The van der Waals surface area contributed by atoms with E-state index in [-0.39, 0.29) is 16.5 Å². The van der Waals surface area contributed by atoms with E-state index in [1.807, 2.05) is 5.32 Å². The minimum Gasteiger partial charge on any atom is -0.504 e. The van der Waals surface area contributed by atoms with Gasteiger partial charge in [0, 0.05) is 24.8 Å². The second-order valence-corrected chi connectivity index (χ2v) is 8.86. The van der Waals surface area contributed by atoms with Gasteiger partial charge < -0.3 is 50.1 Å². The maximum atomic E-state index is 13.5. The van der Waals surface area contributed by atoms with Crippen molar-refractivity contribution in [2.45, 2.75) is 18.9 Å². The molecule has 0 radical (unpaired) electrons. The molecule has 218 valence electrons. The number of carboxylic acids is 2. The highest BCUT2D eigenvalue weighted by Gasteiger charge is 2.27. The lowest BCUT2D eigenvalue weighted by atomic mass is 10.0. The molecular formula is C26H20N2O14. The average molecular weight is 584 g/mol. The smallest absolute Gasteiger partial charge is 0.343 e. The first-order valence-electron chi connectivity index (χ1n) is 11.8. The average Bonchev–Trinajstić information content (AvgIpc) is 2.92. The summed E-state index contributed by atoms with van der Waals surface area (Å²) in [4.78, 5) is 76.4. The van der Waals surface area contributed by atoms with Crippen LogP contribution >= 0.6 is 0 Å². The normalized spacial score (nSPS) is 11.7. The summed E-state index contributed by atoms with van der Waals surface area (Å²) in [6, 6.07) is 1.23. The molecule has 4 rings (SSSR count). The van der Waals surface area contributed by atoms with Crippen molar-refractivity contribution in [3.05, 3.63) is 56.7 Å². The van der Waals surface area contributed by atoms with Gasteiger partial charge in [0.1, 0.15) is 23.5 Å². The number of carbonyl (C=O) groups excluding carboxylic acids is 2. The zero-order valence-corrected chi connectivity index (χ0v) is 21.0. The highest BCUT2D eigenvalue weighted by atomic mass is 16.5. The fourth-order valence-electron chi connectivity index (χ4n) is 4.06. The van der Waals surface area contributed by atoms with E-state index in [4.69, 9.17) is 19.4 Å². The number of aliphatic carboxylic acids is 2. The lowest BCUT2D eigenvalue weighted by Gasteiger charge is -2.14. The molecule has 0 spiro atoms. The van der Waals surface area contributed by atoms with E-state index >= 15 is 0 Å². The third-order valence-corrected chi connectivity index (χ3v) is 6.10. The van der Waals surface area contributed by atoms with Crippen molar-refractivity contribution >= 4 is 45.7 Å². The Morgan fingerprint density at radius 1 is 0.929 bits per heavy atom. The Morgan fingerprint density at radius 2 is 1.62 bits per heavy atom. The number of fused-ring (bicyclic) bond motifs is 2. The zero-order valence-electron chi connectivity index (χ0n) is 21.0. The Balaban J connectivity index is 1.72. The van der Waals surface area contributed by atoms with Crippen LogP contribution < -0.4 is 16.2 Å². The van der Waals surface area contributed by atoms with Crippen LogP contribution in [0, 0.1) is 0 Å². The number of aromatic nitrogens is 1. The van der Waals surface area contributed by atoms with Crippen molar-refractivity contribution in [2.75, 3.05) is 6.61 Å². The largest absolute Gasteiger partial charge is 0.504 e. The van der Waals surface area contributed by atoms with Gasteiger partial charge in [0.05, 0.1) is 27.4 Å². The van der Waals surface area contributed by atoms with Crippen LogP contribution in [-0.4, -0.2) is 72.1 Å². The molecule has 0 aliphatic heterocycles. The summed E-state index contributed by atoms with van der Waals surface area (Å²) < 4.78 is 10.2. The van der Waals surface area contributed by atoms with Crippen LogP contribution in [0.1, 0.15) is 23.2 Å². The fraction of sp³-hybridized carbons (Fsp3) is 0.154. The molecule has 42 heavy (non-hydrogen) atoms. The number of esters is 1. The fourth-order valence-corrected chi connectivity index (χ4v) is 4.06. The first-order valence-corrected chi connectivity index (χ1v) is 11.8. The molecule has 16 heteroatoms. The van der Waals surface area contributed by atoms with E-state index in [9.17, 15) is 49.2 Å². The van der Waals surface area contributed by atoms with Crippen LogP contribution in [0.5, 0.6) is 23.0 Å². The molecule has 16 nitrogen and oxygen atoms in total. The third kappa shape index (κ3) is 5.48. The molecule has 1 atom stereocenters. The monoisotopic (exact) mass is 584 g/mol. The number of rotatable bonds is 9. The number of carbonyl (C=O) groups is 4. The van der Waals surface area contributed by atoms with E-state index < -0.39 is 105 Å². The summed E-state index contributed by atoms with van der Waals surface area (Å²) in [5.41, 5.74) is -3.79. The van der Waals surface area contributed by atoms with Crippen molar-refractivity contribution in [3.8, 4) is 34.1 Å². The van der Waals surface area contributed by atoms with Crippen molar-refractivity contribution in [3.63, 3.8) is 0 Å². The minimum atomic E-state index is -1.62. The number of H-pyrrole nitrogens is 1. The molecule has 0 saturated carbocycles. The van der Waals surface area contributed by atoms with Crippen LogP contribution in [0.15, 0.2) is 44.7 Å². The summed E-state index contributed by atoms with van der Waals surface area (Å²) in [6.45, 7) is -1.13. The maximum Gasteiger partial charge on any atom is 0.343 e. The number of aromatic amines is 1. The summed E-state index contributed by atoms with van der Waals surface area (Å²) in [7, 11) is 0. The van der Waals surface area contributed by atoms with Crippen LogP contribution in [0.4, 0.5) is 0 Å². The number of ether oxygens (including phenoxy) is 1. The van der Waals surface area contributed by atoms with Gasteiger partial charge in [-0.15, -0.1) is 0 Å². The summed E-state index contributed by atoms with van der Waals surface area (Å²) in [5, 5.41) is 59.1. The van der Waals surface area contributed by atoms with E-state index in [0.29, 0.717) is 0 Å². The molecule has 2 aromatic carbocycles. The number of hydrogen-bond donors (Lipinski definition) is 8. The Kier molecular flexibility index (Phi) is 7.72. The van der Waals surface area contributed by atoms with Gasteiger partial charge in [-0.05, 0) is 12.5 Å². The van der Waals surface area contributed by atoms with Gasteiger partial charge in [0.15, 0.2) is 35.0 Å². The van der Waals surface area contributed by atoms with Gasteiger partial charge in [-0.1, -0.05) is 0 Å². The molecule has 1 amide bonds. The number of carboxylic acid groups (broad SMARTS) is 2. The van der Waals surface area contributed by atoms with Crippen LogP contribution in [0.2, 0.25) is 0 Å². The second kappa shape index (κ2) is 11.2. The summed E-state index contributed by atoms with van der Waals surface area (Å²) in [5.74, 6) is -8.69.